The van der Waals surface area contributed by atoms with Crippen LogP contribution in [0.3, 0.4) is 0 Å². The number of halogens is 2. The fraction of sp³-hybridized carbons (Fsp3) is 0.200. The Kier molecular flexibility index (Phi) is 3.85. The summed E-state index contributed by atoms with van der Waals surface area (Å²) in [5.74, 6) is -1.22. The highest BCUT2D eigenvalue weighted by atomic mass is 32.1. The molecule has 16 heavy (non-hydrogen) atoms. The molecule has 0 atom stereocenters. The average molecular weight is 243 g/mol. The third-order valence-electron chi connectivity index (χ3n) is 1.95. The lowest BCUT2D eigenvalue weighted by Crippen LogP contribution is -2.06. The van der Waals surface area contributed by atoms with Crippen molar-refractivity contribution in [1.29, 1.82) is 5.26 Å². The van der Waals surface area contributed by atoms with Gasteiger partial charge in [0.25, 0.3) is 6.43 Å². The first-order valence-electron chi connectivity index (χ1n) is 4.21. The Bertz CT molecular complexity index is 469. The predicted octanol–water partition coefficient (Wildman–Crippen LogP) is 2.41. The Morgan fingerprint density at radius 3 is 2.62 bits per heavy atom. The molecule has 0 aliphatic rings. The monoisotopic (exact) mass is 243 g/mol. The number of hydrogen-bond donors (Lipinski definition) is 2. The normalized spacial score (nSPS) is 10.2. The number of carbonyl (C=O) groups is 1. The highest BCUT2D eigenvalue weighted by Crippen LogP contribution is 2.29. The van der Waals surface area contributed by atoms with Gasteiger partial charge in [0.15, 0.2) is 0 Å². The number of nitriles is 1. The van der Waals surface area contributed by atoms with E-state index < -0.39 is 24.4 Å². The number of hydrogen-bond acceptors (Lipinski definition) is 3. The van der Waals surface area contributed by atoms with Crippen molar-refractivity contribution < 1.29 is 18.7 Å². The van der Waals surface area contributed by atoms with Crippen LogP contribution in [0.15, 0.2) is 17.0 Å². The number of benzene rings is 1. The van der Waals surface area contributed by atoms with Crippen LogP contribution in [0.2, 0.25) is 0 Å². The molecule has 0 aliphatic carbocycles. The summed E-state index contributed by atoms with van der Waals surface area (Å²) in [6.07, 6.45) is -3.36. The van der Waals surface area contributed by atoms with Crippen molar-refractivity contribution in [1.82, 2.24) is 0 Å². The van der Waals surface area contributed by atoms with Crippen LogP contribution in [0, 0.1) is 11.3 Å². The van der Waals surface area contributed by atoms with Crippen molar-refractivity contribution in [2.24, 2.45) is 0 Å². The third kappa shape index (κ3) is 2.70. The maximum Gasteiger partial charge on any atom is 0.307 e. The van der Waals surface area contributed by atoms with E-state index in [9.17, 15) is 13.6 Å². The zero-order chi connectivity index (χ0) is 12.3. The molecule has 1 aromatic rings. The van der Waals surface area contributed by atoms with Gasteiger partial charge in [0, 0.05) is 10.5 Å². The maximum absolute atomic E-state index is 12.6. The lowest BCUT2D eigenvalue weighted by Gasteiger charge is -2.10. The van der Waals surface area contributed by atoms with Crippen molar-refractivity contribution in [3.8, 4) is 6.07 Å². The number of alkyl halides is 2. The maximum atomic E-state index is 12.6. The molecule has 0 amide bonds. The molecule has 0 saturated heterocycles. The second-order valence-electron chi connectivity index (χ2n) is 3.05. The summed E-state index contributed by atoms with van der Waals surface area (Å²) < 4.78 is 25.3. The summed E-state index contributed by atoms with van der Waals surface area (Å²) in [4.78, 5) is 10.6. The summed E-state index contributed by atoms with van der Waals surface area (Å²) in [6, 6.07) is 3.97. The van der Waals surface area contributed by atoms with E-state index >= 15 is 0 Å². The molecule has 6 heteroatoms. The molecule has 0 saturated carbocycles. The number of aliphatic carboxylic acids is 1. The summed E-state index contributed by atoms with van der Waals surface area (Å²) >= 11 is 3.91. The summed E-state index contributed by atoms with van der Waals surface area (Å²) in [5.41, 5.74) is -0.467. The summed E-state index contributed by atoms with van der Waals surface area (Å²) in [6.45, 7) is 0. The van der Waals surface area contributed by atoms with E-state index in [4.69, 9.17) is 10.4 Å². The first kappa shape index (κ1) is 12.5. The Hall–Kier alpha value is -1.61. The smallest absolute Gasteiger partial charge is 0.307 e. The second kappa shape index (κ2) is 4.94. The van der Waals surface area contributed by atoms with E-state index in [1.165, 1.54) is 6.07 Å². The molecule has 1 rings (SSSR count). The zero-order valence-electron chi connectivity index (χ0n) is 7.94. The van der Waals surface area contributed by atoms with Crippen LogP contribution in [-0.4, -0.2) is 11.1 Å². The molecule has 0 spiro atoms. The fourth-order valence-corrected chi connectivity index (χ4v) is 1.63. The molecule has 0 fully saturated rings. The lowest BCUT2D eigenvalue weighted by atomic mass is 10.0. The highest BCUT2D eigenvalue weighted by Gasteiger charge is 2.18. The van der Waals surface area contributed by atoms with E-state index in [0.717, 1.165) is 6.07 Å². The van der Waals surface area contributed by atoms with Crippen LogP contribution < -0.4 is 0 Å². The zero-order valence-corrected chi connectivity index (χ0v) is 8.84. The highest BCUT2D eigenvalue weighted by molar-refractivity contribution is 7.80. The molecular formula is C10H7F2NO2S. The quantitative estimate of drug-likeness (QED) is 0.801. The number of rotatable bonds is 3. The van der Waals surface area contributed by atoms with Gasteiger partial charge in [-0.2, -0.15) is 5.26 Å². The van der Waals surface area contributed by atoms with Crippen LogP contribution in [0.1, 0.15) is 23.1 Å². The van der Waals surface area contributed by atoms with Crippen molar-refractivity contribution in [2.45, 2.75) is 17.7 Å². The number of carboxylic acid groups (broad SMARTS) is 1. The molecule has 0 bridgehead atoms. The first-order valence-corrected chi connectivity index (χ1v) is 4.66. The lowest BCUT2D eigenvalue weighted by molar-refractivity contribution is -0.136. The van der Waals surface area contributed by atoms with Gasteiger partial charge < -0.3 is 5.11 Å². The van der Waals surface area contributed by atoms with Gasteiger partial charge >= 0.3 is 5.97 Å². The largest absolute Gasteiger partial charge is 0.481 e. The average Bonchev–Trinajstić information content (AvgIpc) is 2.19. The van der Waals surface area contributed by atoms with Crippen LogP contribution in [-0.2, 0) is 11.2 Å². The minimum atomic E-state index is -2.83. The molecule has 0 aromatic heterocycles. The number of carboxylic acids is 1. The van der Waals surface area contributed by atoms with Crippen LogP contribution in [0.5, 0.6) is 0 Å². The van der Waals surface area contributed by atoms with Gasteiger partial charge in [0.1, 0.15) is 0 Å². The predicted molar refractivity (Wildman–Crippen MR) is 54.7 cm³/mol. The first-order chi connectivity index (χ1) is 7.45. The molecule has 0 aliphatic heterocycles. The summed E-state index contributed by atoms with van der Waals surface area (Å²) in [7, 11) is 0. The van der Waals surface area contributed by atoms with Gasteiger partial charge in [0.05, 0.1) is 18.1 Å². The molecule has 0 radical (unpaired) electrons. The van der Waals surface area contributed by atoms with Crippen molar-refractivity contribution in [2.75, 3.05) is 0 Å². The Morgan fingerprint density at radius 1 is 1.56 bits per heavy atom. The van der Waals surface area contributed by atoms with Gasteiger partial charge in [-0.05, 0) is 17.7 Å². The van der Waals surface area contributed by atoms with Crippen LogP contribution >= 0.6 is 12.6 Å². The minimum absolute atomic E-state index is 0.0365. The van der Waals surface area contributed by atoms with Crippen molar-refractivity contribution in [3.63, 3.8) is 0 Å². The summed E-state index contributed by atoms with van der Waals surface area (Å²) in [5, 5.41) is 17.2. The number of thiol groups is 1. The second-order valence-corrected chi connectivity index (χ2v) is 3.53. The van der Waals surface area contributed by atoms with E-state index in [-0.39, 0.29) is 16.0 Å². The Balaban J connectivity index is 3.35. The van der Waals surface area contributed by atoms with Gasteiger partial charge in [0.2, 0.25) is 0 Å². The topological polar surface area (TPSA) is 61.1 Å². The molecular weight excluding hydrogens is 236 g/mol. The standard InChI is InChI=1S/C10H7F2NO2S/c11-10(12)7-1-5(4-13)2-8(16)6(7)3-9(14)15/h1-2,10,16H,3H2,(H,14,15). The van der Waals surface area contributed by atoms with Crippen LogP contribution in [0.25, 0.3) is 0 Å². The van der Waals surface area contributed by atoms with E-state index in [1.54, 1.807) is 6.07 Å². The van der Waals surface area contributed by atoms with E-state index in [0.29, 0.717) is 0 Å². The molecule has 1 N–H and O–H groups in total. The molecule has 3 nitrogen and oxygen atoms in total. The van der Waals surface area contributed by atoms with Crippen molar-refractivity contribution >= 4 is 18.6 Å². The molecule has 1 aromatic carbocycles. The van der Waals surface area contributed by atoms with Crippen molar-refractivity contribution in [3.05, 3.63) is 28.8 Å². The Labute approximate surface area is 95.7 Å². The number of nitrogens with zero attached hydrogens (tertiary/aromatic N) is 1. The Morgan fingerprint density at radius 2 is 2.19 bits per heavy atom. The van der Waals surface area contributed by atoms with Gasteiger partial charge in [-0.15, -0.1) is 12.6 Å². The van der Waals surface area contributed by atoms with Crippen LogP contribution in [0.4, 0.5) is 8.78 Å². The third-order valence-corrected chi connectivity index (χ3v) is 2.35. The minimum Gasteiger partial charge on any atom is -0.481 e. The SMILES string of the molecule is N#Cc1cc(S)c(CC(=O)O)c(C(F)F)c1. The van der Waals surface area contributed by atoms with Gasteiger partial charge in [-0.3, -0.25) is 4.79 Å². The van der Waals surface area contributed by atoms with E-state index in [1.807, 2.05) is 0 Å². The molecule has 84 valence electrons. The van der Waals surface area contributed by atoms with Gasteiger partial charge in [-0.25, -0.2) is 8.78 Å². The van der Waals surface area contributed by atoms with Gasteiger partial charge in [-0.1, -0.05) is 0 Å². The molecule has 0 heterocycles. The fourth-order valence-electron chi connectivity index (χ4n) is 1.28. The van der Waals surface area contributed by atoms with E-state index in [2.05, 4.69) is 12.6 Å². The molecule has 0 unspecified atom stereocenters.